The van der Waals surface area contributed by atoms with E-state index in [4.69, 9.17) is 9.47 Å². The fraction of sp³-hybridized carbons (Fsp3) is 0.370. The molecule has 7 nitrogen and oxygen atoms in total. The van der Waals surface area contributed by atoms with Gasteiger partial charge in [-0.25, -0.2) is 0 Å². The standard InChI is InChI=1S/C27H32N4O3S/c1-7-14-30-25(19-8-10-20(33-5)11-9-19)28-29-26(30)35-17-24(32)31-23-13-12-21(34-6)15-22(23)18(2)16-27(31,3)4/h7-13,15,18H,1,14,16-17H2,2-6H3/t18-/m1/s1. The van der Waals surface area contributed by atoms with E-state index in [1.807, 2.05) is 51.9 Å². The van der Waals surface area contributed by atoms with Crippen molar-refractivity contribution < 1.29 is 14.3 Å². The number of allylic oxidation sites excluding steroid dienone is 1. The van der Waals surface area contributed by atoms with Crippen LogP contribution in [0.5, 0.6) is 11.5 Å². The van der Waals surface area contributed by atoms with E-state index in [0.29, 0.717) is 17.6 Å². The zero-order valence-electron chi connectivity index (χ0n) is 20.9. The molecule has 4 rings (SSSR count). The summed E-state index contributed by atoms with van der Waals surface area (Å²) in [5, 5.41) is 9.49. The summed E-state index contributed by atoms with van der Waals surface area (Å²) in [6.07, 6.45) is 2.68. The van der Waals surface area contributed by atoms with Crippen molar-refractivity contribution in [2.24, 2.45) is 0 Å². The van der Waals surface area contributed by atoms with Crippen LogP contribution in [0.4, 0.5) is 5.69 Å². The van der Waals surface area contributed by atoms with Crippen LogP contribution in [0.25, 0.3) is 11.4 Å². The van der Waals surface area contributed by atoms with Crippen LogP contribution >= 0.6 is 11.8 Å². The molecule has 1 amide bonds. The lowest BCUT2D eigenvalue weighted by Gasteiger charge is -2.46. The Balaban J connectivity index is 1.59. The van der Waals surface area contributed by atoms with E-state index in [1.54, 1.807) is 20.3 Å². The maximum Gasteiger partial charge on any atom is 0.237 e. The summed E-state index contributed by atoms with van der Waals surface area (Å²) in [6.45, 7) is 10.9. The van der Waals surface area contributed by atoms with Crippen LogP contribution in [0.2, 0.25) is 0 Å². The number of methoxy groups -OCH3 is 2. The molecule has 0 fully saturated rings. The monoisotopic (exact) mass is 492 g/mol. The molecule has 0 bridgehead atoms. The average molecular weight is 493 g/mol. The molecule has 2 aromatic carbocycles. The Hall–Kier alpha value is -3.26. The van der Waals surface area contributed by atoms with Crippen LogP contribution in [0.1, 0.15) is 38.7 Å². The van der Waals surface area contributed by atoms with E-state index in [-0.39, 0.29) is 17.2 Å². The lowest BCUT2D eigenvalue weighted by atomic mass is 9.80. The van der Waals surface area contributed by atoms with Gasteiger partial charge in [0.1, 0.15) is 11.5 Å². The minimum Gasteiger partial charge on any atom is -0.497 e. The second-order valence-corrected chi connectivity index (χ2v) is 10.2. The number of benzene rings is 2. The van der Waals surface area contributed by atoms with Crippen molar-refractivity contribution in [1.29, 1.82) is 0 Å². The first-order chi connectivity index (χ1) is 16.8. The fourth-order valence-electron chi connectivity index (χ4n) is 4.84. The second kappa shape index (κ2) is 10.2. The number of carbonyl (C=O) groups is 1. The van der Waals surface area contributed by atoms with Gasteiger partial charge in [0, 0.05) is 23.3 Å². The van der Waals surface area contributed by atoms with Crippen molar-refractivity contribution in [2.75, 3.05) is 24.9 Å². The van der Waals surface area contributed by atoms with Crippen LogP contribution in [-0.2, 0) is 11.3 Å². The molecular formula is C27H32N4O3S. The summed E-state index contributed by atoms with van der Waals surface area (Å²) >= 11 is 1.40. The SMILES string of the molecule is C=CCn1c(SCC(=O)N2c3ccc(OC)cc3[C@H](C)CC2(C)C)nnc1-c1ccc(OC)cc1. The Morgan fingerprint density at radius 3 is 2.49 bits per heavy atom. The minimum absolute atomic E-state index is 0.0393. The number of fused-ring (bicyclic) bond motifs is 1. The topological polar surface area (TPSA) is 69.5 Å². The van der Waals surface area contributed by atoms with E-state index < -0.39 is 0 Å². The number of carbonyl (C=O) groups excluding carboxylic acids is 1. The van der Waals surface area contributed by atoms with Gasteiger partial charge in [-0.05, 0) is 74.2 Å². The number of nitrogens with zero attached hydrogens (tertiary/aromatic N) is 4. The Kier molecular flexibility index (Phi) is 7.21. The van der Waals surface area contributed by atoms with Crippen LogP contribution < -0.4 is 14.4 Å². The van der Waals surface area contributed by atoms with Crippen LogP contribution in [0.3, 0.4) is 0 Å². The molecule has 0 spiro atoms. The number of rotatable bonds is 8. The molecule has 0 aliphatic carbocycles. The molecule has 3 aromatic rings. The normalized spacial score (nSPS) is 16.5. The van der Waals surface area contributed by atoms with Gasteiger partial charge >= 0.3 is 0 Å². The van der Waals surface area contributed by atoms with Gasteiger partial charge in [-0.1, -0.05) is 24.8 Å². The highest BCUT2D eigenvalue weighted by atomic mass is 32.2. The van der Waals surface area contributed by atoms with E-state index >= 15 is 0 Å². The van der Waals surface area contributed by atoms with Gasteiger partial charge in [0.25, 0.3) is 0 Å². The average Bonchev–Trinajstić information content (AvgIpc) is 3.24. The van der Waals surface area contributed by atoms with Crippen LogP contribution in [0, 0.1) is 0 Å². The van der Waals surface area contributed by atoms with Gasteiger partial charge in [0.2, 0.25) is 5.91 Å². The summed E-state index contributed by atoms with van der Waals surface area (Å²) < 4.78 is 12.7. The Morgan fingerprint density at radius 1 is 1.14 bits per heavy atom. The molecule has 1 aromatic heterocycles. The van der Waals surface area contributed by atoms with Crippen molar-refractivity contribution >= 4 is 23.4 Å². The fourth-order valence-corrected chi connectivity index (χ4v) is 5.64. The van der Waals surface area contributed by atoms with E-state index in [9.17, 15) is 4.79 Å². The minimum atomic E-state index is -0.304. The smallest absolute Gasteiger partial charge is 0.237 e. The number of aromatic nitrogens is 3. The van der Waals surface area contributed by atoms with E-state index in [0.717, 1.165) is 40.6 Å². The Bertz CT molecular complexity index is 1220. The van der Waals surface area contributed by atoms with Crippen molar-refractivity contribution in [3.63, 3.8) is 0 Å². The summed E-state index contributed by atoms with van der Waals surface area (Å²) in [5.74, 6) is 2.93. The molecule has 0 saturated carbocycles. The third-order valence-electron chi connectivity index (χ3n) is 6.37. The number of amides is 1. The van der Waals surface area contributed by atoms with Gasteiger partial charge in [0.05, 0.1) is 20.0 Å². The van der Waals surface area contributed by atoms with E-state index in [2.05, 4.69) is 37.5 Å². The predicted octanol–water partition coefficient (Wildman–Crippen LogP) is 5.56. The Labute approximate surface area is 211 Å². The molecule has 0 radical (unpaired) electrons. The van der Waals surface area contributed by atoms with Crippen LogP contribution in [0.15, 0.2) is 60.3 Å². The highest BCUT2D eigenvalue weighted by molar-refractivity contribution is 7.99. The lowest BCUT2D eigenvalue weighted by Crippen LogP contribution is -2.52. The predicted molar refractivity (Wildman–Crippen MR) is 141 cm³/mol. The first kappa shape index (κ1) is 24.9. The van der Waals surface area contributed by atoms with Gasteiger partial charge in [0.15, 0.2) is 11.0 Å². The third-order valence-corrected chi connectivity index (χ3v) is 7.32. The molecular weight excluding hydrogens is 460 g/mol. The summed E-state index contributed by atoms with van der Waals surface area (Å²) in [7, 11) is 3.30. The summed E-state index contributed by atoms with van der Waals surface area (Å²) in [5.41, 5.74) is 2.71. The quantitative estimate of drug-likeness (QED) is 0.303. The summed E-state index contributed by atoms with van der Waals surface area (Å²) in [6, 6.07) is 13.6. The molecule has 0 N–H and O–H groups in total. The lowest BCUT2D eigenvalue weighted by molar-refractivity contribution is -0.117. The molecule has 1 aliphatic rings. The van der Waals surface area contributed by atoms with Crippen molar-refractivity contribution in [3.05, 3.63) is 60.7 Å². The van der Waals surface area contributed by atoms with Gasteiger partial charge < -0.3 is 14.4 Å². The van der Waals surface area contributed by atoms with Crippen molar-refractivity contribution in [3.8, 4) is 22.9 Å². The molecule has 1 aliphatic heterocycles. The number of hydrogen-bond donors (Lipinski definition) is 0. The molecule has 8 heteroatoms. The number of ether oxygens (including phenoxy) is 2. The molecule has 35 heavy (non-hydrogen) atoms. The van der Waals surface area contributed by atoms with Crippen LogP contribution in [-0.4, -0.2) is 46.2 Å². The first-order valence-electron chi connectivity index (χ1n) is 11.6. The second-order valence-electron chi connectivity index (χ2n) is 9.29. The van der Waals surface area contributed by atoms with Gasteiger partial charge in [-0.3, -0.25) is 9.36 Å². The van der Waals surface area contributed by atoms with Gasteiger partial charge in [-0.2, -0.15) is 0 Å². The molecule has 0 unspecified atom stereocenters. The largest absolute Gasteiger partial charge is 0.497 e. The van der Waals surface area contributed by atoms with Gasteiger partial charge in [-0.15, -0.1) is 16.8 Å². The van der Waals surface area contributed by atoms with E-state index in [1.165, 1.54) is 11.8 Å². The first-order valence-corrected chi connectivity index (χ1v) is 12.6. The molecule has 2 heterocycles. The third kappa shape index (κ3) is 4.93. The zero-order chi connectivity index (χ0) is 25.2. The molecule has 0 saturated heterocycles. The number of thioether (sulfide) groups is 1. The molecule has 1 atom stereocenters. The Morgan fingerprint density at radius 2 is 1.83 bits per heavy atom. The highest BCUT2D eigenvalue weighted by Gasteiger charge is 2.40. The summed E-state index contributed by atoms with van der Waals surface area (Å²) in [4.78, 5) is 15.5. The number of anilines is 1. The maximum absolute atomic E-state index is 13.6. The van der Waals surface area contributed by atoms with Crippen molar-refractivity contribution in [1.82, 2.24) is 14.8 Å². The molecule has 184 valence electrons. The highest BCUT2D eigenvalue weighted by Crippen LogP contribution is 2.45. The van der Waals surface area contributed by atoms with Crippen molar-refractivity contribution in [2.45, 2.75) is 50.4 Å². The zero-order valence-corrected chi connectivity index (χ0v) is 21.8. The maximum atomic E-state index is 13.6. The number of hydrogen-bond acceptors (Lipinski definition) is 6.